The maximum Gasteiger partial charge on any atom is 0.402 e. The highest BCUT2D eigenvalue weighted by Gasteiger charge is 2.29. The summed E-state index contributed by atoms with van der Waals surface area (Å²) in [6.45, 7) is 3.17. The molecule has 0 amide bonds. The molecule has 13 heteroatoms. The third-order valence-corrected chi connectivity index (χ3v) is 18.5. The Hall–Kier alpha value is -14.3. The maximum absolute atomic E-state index is 14.8. The van der Waals surface area contributed by atoms with Crippen LogP contribution in [-0.4, -0.2) is 0 Å². The van der Waals surface area contributed by atoms with Crippen molar-refractivity contribution in [2.45, 2.75) is 66.1 Å². The van der Waals surface area contributed by atoms with Gasteiger partial charge in [0.2, 0.25) is 16.9 Å². The molecule has 2 heterocycles. The Morgan fingerprint density at radius 2 is 0.531 bits per heavy atom. The molecule has 2 aromatic heterocycles. The molecule has 0 N–H and O–H groups in total. The zero-order chi connectivity index (χ0) is 76.4. The summed E-state index contributed by atoms with van der Waals surface area (Å²) in [6, 6.07) is 120. The van der Waals surface area contributed by atoms with E-state index >= 15 is 0 Å². The molecule has 0 bridgehead atoms. The maximum atomic E-state index is 14.8. The SMILES string of the molecule is O=c1c(OCc2ccccc2)c(-c2ccc(OCc3ccccc3)c(OCc3ccccc3)c2)oc2cc(OCc3ccccc3)cc(OCc3ccccc3)c12.c1ccc(COc2cc(OCc3ccccc3)c3cc(OCc4ccccc4)c(-c4ccc(OCc5ccccc5)c(OCc5ccccc5)c4)[o+]c3c2)cc1. The summed E-state index contributed by atoms with van der Waals surface area (Å²) in [5, 5.41) is 0.997. The van der Waals surface area contributed by atoms with Crippen LogP contribution in [0, 0.1) is 0 Å². The lowest BCUT2D eigenvalue weighted by atomic mass is 10.1. The number of hydrogen-bond donors (Lipinski definition) is 0. The number of ether oxygens (including phenoxy) is 10. The predicted molar refractivity (Wildman–Crippen MR) is 442 cm³/mol. The van der Waals surface area contributed by atoms with E-state index in [-0.39, 0.29) is 41.1 Å². The Balaban J connectivity index is 0.000000178. The van der Waals surface area contributed by atoms with Crippen molar-refractivity contribution in [3.8, 4) is 80.1 Å². The van der Waals surface area contributed by atoms with Crippen LogP contribution >= 0.6 is 0 Å². The van der Waals surface area contributed by atoms with E-state index in [4.69, 9.17) is 56.2 Å². The monoisotopic (exact) mass is 1490 g/mol. The van der Waals surface area contributed by atoms with Crippen molar-refractivity contribution in [3.05, 3.63) is 436 Å². The Labute approximate surface area is 656 Å². The van der Waals surface area contributed by atoms with Crippen LogP contribution in [0.25, 0.3) is 44.6 Å². The molecular weight excluding hydrogens is 1410 g/mol. The molecule has 0 aliphatic carbocycles. The summed E-state index contributed by atoms with van der Waals surface area (Å²) in [6.07, 6.45) is 0. The summed E-state index contributed by atoms with van der Waals surface area (Å²) >= 11 is 0. The van der Waals surface area contributed by atoms with Crippen LogP contribution in [0.1, 0.15) is 55.6 Å². The molecule has 0 unspecified atom stereocenters. The largest absolute Gasteiger partial charge is 0.489 e. The smallest absolute Gasteiger partial charge is 0.402 e. The second-order valence-electron chi connectivity index (χ2n) is 26.7. The Bertz CT molecular complexity index is 5750. The van der Waals surface area contributed by atoms with Crippen molar-refractivity contribution in [2.75, 3.05) is 0 Å². The van der Waals surface area contributed by atoms with Gasteiger partial charge in [-0.05, 0) is 86.0 Å². The summed E-state index contributed by atoms with van der Waals surface area (Å²) in [4.78, 5) is 14.8. The van der Waals surface area contributed by atoms with Gasteiger partial charge >= 0.3 is 11.3 Å². The molecule has 0 saturated carbocycles. The van der Waals surface area contributed by atoms with E-state index in [0.29, 0.717) is 122 Å². The fraction of sp³-hybridized carbons (Fsp3) is 0.100. The number of hydrogen-bond acceptors (Lipinski definition) is 12. The second-order valence-corrected chi connectivity index (χ2v) is 26.7. The van der Waals surface area contributed by atoms with Crippen molar-refractivity contribution in [3.63, 3.8) is 0 Å². The highest BCUT2D eigenvalue weighted by Crippen LogP contribution is 2.45. The van der Waals surface area contributed by atoms with Crippen LogP contribution < -0.4 is 52.8 Å². The van der Waals surface area contributed by atoms with Crippen LogP contribution in [0.4, 0.5) is 0 Å². The summed E-state index contributed by atoms with van der Waals surface area (Å²) in [5.74, 6) is 5.62. The lowest BCUT2D eigenvalue weighted by Gasteiger charge is -2.17. The molecule has 0 radical (unpaired) electrons. The second kappa shape index (κ2) is 37.7. The first-order chi connectivity index (χ1) is 55.9. The van der Waals surface area contributed by atoms with Crippen molar-refractivity contribution >= 4 is 21.9 Å². The normalized spacial score (nSPS) is 10.9. The van der Waals surface area contributed by atoms with Gasteiger partial charge in [0.15, 0.2) is 28.8 Å². The number of rotatable bonds is 32. The van der Waals surface area contributed by atoms with E-state index in [1.165, 1.54) is 0 Å². The Morgan fingerprint density at radius 1 is 0.239 bits per heavy atom. The molecule has 0 aliphatic heterocycles. The molecule has 16 rings (SSSR count). The van der Waals surface area contributed by atoms with Crippen LogP contribution in [0.15, 0.2) is 384 Å². The molecule has 113 heavy (non-hydrogen) atoms. The Morgan fingerprint density at radius 3 is 0.912 bits per heavy atom. The topological polar surface area (TPSA) is 134 Å². The van der Waals surface area contributed by atoms with Gasteiger partial charge in [-0.3, -0.25) is 4.79 Å². The van der Waals surface area contributed by atoms with E-state index in [9.17, 15) is 4.79 Å². The quantitative estimate of drug-likeness (QED) is 0.0371. The molecule has 0 fully saturated rings. The van der Waals surface area contributed by atoms with Crippen LogP contribution in [0.2, 0.25) is 0 Å². The van der Waals surface area contributed by atoms with Gasteiger partial charge in [0.1, 0.15) is 105 Å². The minimum Gasteiger partial charge on any atom is -0.489 e. The molecule has 558 valence electrons. The van der Waals surface area contributed by atoms with Crippen molar-refractivity contribution in [1.29, 1.82) is 0 Å². The van der Waals surface area contributed by atoms with Gasteiger partial charge in [0, 0.05) is 35.9 Å². The van der Waals surface area contributed by atoms with Crippen LogP contribution in [-0.2, 0) is 66.1 Å². The minimum atomic E-state index is -0.379. The zero-order valence-corrected chi connectivity index (χ0v) is 62.1. The van der Waals surface area contributed by atoms with Crippen molar-refractivity contribution in [2.24, 2.45) is 0 Å². The van der Waals surface area contributed by atoms with Gasteiger partial charge in [-0.25, -0.2) is 4.42 Å². The van der Waals surface area contributed by atoms with Gasteiger partial charge in [-0.1, -0.05) is 303 Å². The van der Waals surface area contributed by atoms with Gasteiger partial charge in [0.05, 0.1) is 11.6 Å². The Kier molecular flexibility index (Phi) is 24.7. The third-order valence-electron chi connectivity index (χ3n) is 18.5. The summed E-state index contributed by atoms with van der Waals surface area (Å²) < 4.78 is 77.6. The third kappa shape index (κ3) is 20.3. The van der Waals surface area contributed by atoms with Crippen molar-refractivity contribution in [1.82, 2.24) is 0 Å². The lowest BCUT2D eigenvalue weighted by Crippen LogP contribution is -2.12. The zero-order valence-electron chi connectivity index (χ0n) is 62.1. The molecule has 13 nitrogen and oxygen atoms in total. The van der Waals surface area contributed by atoms with Crippen molar-refractivity contribution < 1.29 is 56.2 Å². The first kappa shape index (κ1) is 74.2. The van der Waals surface area contributed by atoms with E-state index in [2.05, 4.69) is 0 Å². The molecule has 14 aromatic carbocycles. The van der Waals surface area contributed by atoms with Crippen LogP contribution in [0.3, 0.4) is 0 Å². The number of benzene rings is 14. The van der Waals surface area contributed by atoms with E-state index in [1.807, 2.05) is 358 Å². The van der Waals surface area contributed by atoms with Gasteiger partial charge in [-0.15, -0.1) is 0 Å². The number of fused-ring (bicyclic) bond motifs is 2. The molecule has 16 aromatic rings. The molecule has 0 spiro atoms. The van der Waals surface area contributed by atoms with E-state index in [0.717, 1.165) is 66.6 Å². The average molecular weight is 1490 g/mol. The van der Waals surface area contributed by atoms with Gasteiger partial charge < -0.3 is 51.8 Å². The first-order valence-electron chi connectivity index (χ1n) is 37.5. The summed E-state index contributed by atoms with van der Waals surface area (Å²) in [5.41, 5.74) is 11.9. The fourth-order valence-electron chi connectivity index (χ4n) is 12.6. The van der Waals surface area contributed by atoms with Gasteiger partial charge in [-0.2, -0.15) is 0 Å². The average Bonchev–Trinajstić information content (AvgIpc) is 0.759. The summed E-state index contributed by atoms with van der Waals surface area (Å²) in [7, 11) is 0. The molecular formula is C100H81O13+. The molecule has 0 saturated heterocycles. The van der Waals surface area contributed by atoms with E-state index in [1.54, 1.807) is 12.1 Å². The first-order valence-corrected chi connectivity index (χ1v) is 37.5. The fourth-order valence-corrected chi connectivity index (χ4v) is 12.6. The minimum absolute atomic E-state index is 0.0424. The molecule has 0 aliphatic rings. The molecule has 0 atom stereocenters. The van der Waals surface area contributed by atoms with Gasteiger partial charge in [0.25, 0.3) is 0 Å². The van der Waals surface area contributed by atoms with E-state index < -0.39 is 0 Å². The predicted octanol–water partition coefficient (Wildman–Crippen LogP) is 23.6. The lowest BCUT2D eigenvalue weighted by molar-refractivity contribution is 0.256. The highest BCUT2D eigenvalue weighted by atomic mass is 16.5. The highest BCUT2D eigenvalue weighted by molar-refractivity contribution is 5.90. The van der Waals surface area contributed by atoms with Crippen LogP contribution in [0.5, 0.6) is 57.5 Å². The standard InChI is InChI=1S/C50H40O7.C50H41O6/c51-48-47-45(55-34-39-22-12-4-13-23-39)29-42(52-31-36-16-6-1-7-17-36)30-46(47)57-49(50(48)56-35-40-24-14-5-15-25-40)41-26-27-43(53-32-37-18-8-2-9-19-37)44(28-41)54-33-38-20-10-3-11-21-38;1-6-16-37(17-7-1)32-51-43-29-46(53-34-39-20-10-3-11-21-39)44-31-49(55-36-41-24-14-5-15-25-41)50(56-47(44)30-43)42-26-27-45(52-33-38-18-8-2-9-19-38)48(28-42)54-35-40-22-12-4-13-23-40/h1-30H,31-35H2;1-31H,32-36H2/q;+1.